The summed E-state index contributed by atoms with van der Waals surface area (Å²) < 4.78 is 6.97. The predicted molar refractivity (Wildman–Crippen MR) is 80.7 cm³/mol. The molecule has 0 aromatic carbocycles. The highest BCUT2D eigenvalue weighted by molar-refractivity contribution is 7.16. The molecule has 0 amide bonds. The van der Waals surface area contributed by atoms with Crippen molar-refractivity contribution in [1.82, 2.24) is 30.0 Å². The van der Waals surface area contributed by atoms with E-state index in [4.69, 9.17) is 4.52 Å². The fraction of sp³-hybridized carbons (Fsp3) is 0.214. The van der Waals surface area contributed by atoms with Gasteiger partial charge in [0.05, 0.1) is 5.69 Å². The van der Waals surface area contributed by atoms with E-state index in [0.29, 0.717) is 6.42 Å². The molecule has 0 bridgehead atoms. The Morgan fingerprint density at radius 3 is 2.73 bits per heavy atom. The summed E-state index contributed by atoms with van der Waals surface area (Å²) in [7, 11) is 0. The van der Waals surface area contributed by atoms with E-state index < -0.39 is 0 Å². The van der Waals surface area contributed by atoms with Crippen LogP contribution in [-0.2, 0) is 6.42 Å². The minimum Gasteiger partial charge on any atom is -0.361 e. The molecule has 0 fully saturated rings. The number of aromatic nitrogens is 6. The van der Waals surface area contributed by atoms with Gasteiger partial charge in [0, 0.05) is 29.9 Å². The Bertz CT molecular complexity index is 919. The third-order valence-corrected chi connectivity index (χ3v) is 4.38. The lowest BCUT2D eigenvalue weighted by Crippen LogP contribution is -1.95. The first kappa shape index (κ1) is 13.1. The highest BCUT2D eigenvalue weighted by Gasteiger charge is 2.16. The molecule has 22 heavy (non-hydrogen) atoms. The summed E-state index contributed by atoms with van der Waals surface area (Å²) in [5.41, 5.74) is 2.92. The van der Waals surface area contributed by atoms with E-state index in [-0.39, 0.29) is 0 Å². The van der Waals surface area contributed by atoms with Crippen LogP contribution in [-0.4, -0.2) is 30.0 Å². The first-order chi connectivity index (χ1) is 10.7. The molecule has 0 aliphatic heterocycles. The third kappa shape index (κ3) is 2.08. The topological polar surface area (TPSA) is 82.0 Å². The van der Waals surface area contributed by atoms with Gasteiger partial charge in [-0.2, -0.15) is 9.61 Å². The molecule has 0 unspecified atom stereocenters. The summed E-state index contributed by atoms with van der Waals surface area (Å²) in [4.78, 5) is 4.79. The van der Waals surface area contributed by atoms with Gasteiger partial charge in [-0.25, -0.2) is 0 Å². The Morgan fingerprint density at radius 1 is 1.18 bits per heavy atom. The Balaban J connectivity index is 1.75. The molecule has 110 valence electrons. The van der Waals surface area contributed by atoms with E-state index in [1.54, 1.807) is 16.9 Å². The smallest absolute Gasteiger partial charge is 0.234 e. The van der Waals surface area contributed by atoms with Crippen LogP contribution in [0.2, 0.25) is 0 Å². The standard InChI is InChI=1S/C14H12N6OS/c1-8-11(9(2)21-19-8)7-12-18-20-13(16-17-14(20)22-12)10-3-5-15-6-4-10/h3-6H,7H2,1-2H3. The lowest BCUT2D eigenvalue weighted by Gasteiger charge is -1.96. The molecule has 0 N–H and O–H groups in total. The second kappa shape index (κ2) is 4.99. The van der Waals surface area contributed by atoms with Crippen LogP contribution in [0, 0.1) is 13.8 Å². The molecular formula is C14H12N6OS. The van der Waals surface area contributed by atoms with E-state index in [1.807, 2.05) is 26.0 Å². The highest BCUT2D eigenvalue weighted by Crippen LogP contribution is 2.24. The maximum absolute atomic E-state index is 5.20. The molecule has 0 spiro atoms. The third-order valence-electron chi connectivity index (χ3n) is 3.48. The number of nitrogens with zero attached hydrogens (tertiary/aromatic N) is 6. The van der Waals surface area contributed by atoms with Crippen molar-refractivity contribution in [2.45, 2.75) is 20.3 Å². The minimum absolute atomic E-state index is 0.685. The van der Waals surface area contributed by atoms with E-state index in [2.05, 4.69) is 25.4 Å². The molecule has 4 aromatic rings. The molecule has 0 saturated heterocycles. The lowest BCUT2D eigenvalue weighted by molar-refractivity contribution is 0.392. The van der Waals surface area contributed by atoms with Gasteiger partial charge in [-0.1, -0.05) is 16.5 Å². The van der Waals surface area contributed by atoms with Crippen molar-refractivity contribution in [3.63, 3.8) is 0 Å². The van der Waals surface area contributed by atoms with Gasteiger partial charge >= 0.3 is 0 Å². The van der Waals surface area contributed by atoms with Crippen molar-refractivity contribution in [2.24, 2.45) is 0 Å². The maximum Gasteiger partial charge on any atom is 0.234 e. The van der Waals surface area contributed by atoms with E-state index in [9.17, 15) is 0 Å². The first-order valence-corrected chi connectivity index (χ1v) is 7.57. The van der Waals surface area contributed by atoms with Crippen LogP contribution in [0.1, 0.15) is 22.0 Å². The predicted octanol–water partition coefficient (Wildman–Crippen LogP) is 2.44. The average Bonchev–Trinajstić information content (AvgIpc) is 3.18. The number of pyridine rings is 1. The van der Waals surface area contributed by atoms with Crippen LogP contribution in [0.15, 0.2) is 29.0 Å². The largest absolute Gasteiger partial charge is 0.361 e. The van der Waals surface area contributed by atoms with Gasteiger partial charge in [0.15, 0.2) is 5.82 Å². The Morgan fingerprint density at radius 2 is 2.00 bits per heavy atom. The van der Waals surface area contributed by atoms with Gasteiger partial charge in [-0.05, 0) is 26.0 Å². The summed E-state index contributed by atoms with van der Waals surface area (Å²) in [6.07, 6.45) is 4.14. The van der Waals surface area contributed by atoms with Crippen LogP contribution >= 0.6 is 11.3 Å². The zero-order chi connectivity index (χ0) is 15.1. The molecule has 4 heterocycles. The number of aryl methyl sites for hydroxylation is 2. The molecule has 4 aromatic heterocycles. The van der Waals surface area contributed by atoms with Gasteiger partial charge in [0.25, 0.3) is 0 Å². The number of rotatable bonds is 3. The fourth-order valence-electron chi connectivity index (χ4n) is 2.31. The molecule has 4 rings (SSSR count). The van der Waals surface area contributed by atoms with Gasteiger partial charge in [0.1, 0.15) is 10.8 Å². The molecule has 0 radical (unpaired) electrons. The summed E-state index contributed by atoms with van der Waals surface area (Å²) in [5.74, 6) is 1.55. The Hall–Kier alpha value is -2.61. The van der Waals surface area contributed by atoms with E-state index in [1.165, 1.54) is 11.3 Å². The molecule has 7 nitrogen and oxygen atoms in total. The fourth-order valence-corrected chi connectivity index (χ4v) is 3.16. The van der Waals surface area contributed by atoms with E-state index in [0.717, 1.165) is 38.4 Å². The molecule has 0 saturated carbocycles. The Labute approximate surface area is 129 Å². The van der Waals surface area contributed by atoms with Crippen LogP contribution < -0.4 is 0 Å². The zero-order valence-corrected chi connectivity index (χ0v) is 12.8. The second-order valence-electron chi connectivity index (χ2n) is 4.93. The van der Waals surface area contributed by atoms with Crippen LogP contribution in [0.5, 0.6) is 0 Å². The van der Waals surface area contributed by atoms with E-state index >= 15 is 0 Å². The lowest BCUT2D eigenvalue weighted by atomic mass is 10.1. The Kier molecular flexibility index (Phi) is 2.97. The highest BCUT2D eigenvalue weighted by atomic mass is 32.1. The molecular weight excluding hydrogens is 300 g/mol. The van der Waals surface area contributed by atoms with Crippen molar-refractivity contribution in [2.75, 3.05) is 0 Å². The zero-order valence-electron chi connectivity index (χ0n) is 12.0. The molecule has 8 heteroatoms. The normalized spacial score (nSPS) is 11.4. The second-order valence-corrected chi connectivity index (χ2v) is 5.97. The van der Waals surface area contributed by atoms with Gasteiger partial charge in [-0.15, -0.1) is 10.2 Å². The maximum atomic E-state index is 5.20. The minimum atomic E-state index is 0.685. The van der Waals surface area contributed by atoms with Crippen LogP contribution in [0.25, 0.3) is 16.3 Å². The number of fused-ring (bicyclic) bond motifs is 1. The van der Waals surface area contributed by atoms with Crippen LogP contribution in [0.3, 0.4) is 0 Å². The SMILES string of the molecule is Cc1noc(C)c1Cc1nn2c(-c3ccncc3)nnc2s1. The van der Waals surface area contributed by atoms with Crippen molar-refractivity contribution in [1.29, 1.82) is 0 Å². The average molecular weight is 312 g/mol. The van der Waals surface area contributed by atoms with Crippen molar-refractivity contribution < 1.29 is 4.52 Å². The summed E-state index contributed by atoms with van der Waals surface area (Å²) in [5, 5.41) is 18.0. The van der Waals surface area contributed by atoms with Gasteiger partial charge in [0.2, 0.25) is 4.96 Å². The molecule has 0 atom stereocenters. The monoisotopic (exact) mass is 312 g/mol. The van der Waals surface area contributed by atoms with Crippen LogP contribution in [0.4, 0.5) is 0 Å². The van der Waals surface area contributed by atoms with Crippen molar-refractivity contribution >= 4 is 16.3 Å². The summed E-state index contributed by atoms with van der Waals surface area (Å²) >= 11 is 1.52. The van der Waals surface area contributed by atoms with Crippen molar-refractivity contribution in [3.05, 3.63) is 46.6 Å². The van der Waals surface area contributed by atoms with Gasteiger partial charge < -0.3 is 4.52 Å². The summed E-state index contributed by atoms with van der Waals surface area (Å²) in [6, 6.07) is 3.79. The molecule has 0 aliphatic carbocycles. The van der Waals surface area contributed by atoms with Crippen molar-refractivity contribution in [3.8, 4) is 11.4 Å². The van der Waals surface area contributed by atoms with Gasteiger partial charge in [-0.3, -0.25) is 4.98 Å². The number of hydrogen-bond donors (Lipinski definition) is 0. The quantitative estimate of drug-likeness (QED) is 0.578. The molecule has 0 aliphatic rings. The number of hydrogen-bond acceptors (Lipinski definition) is 7. The summed E-state index contributed by atoms with van der Waals surface area (Å²) in [6.45, 7) is 3.85. The first-order valence-electron chi connectivity index (χ1n) is 6.75.